The third-order valence-electron chi connectivity index (χ3n) is 3.61. The van der Waals surface area contributed by atoms with E-state index in [-0.39, 0.29) is 23.7 Å². The molecule has 1 aromatic rings. The number of hydrogen-bond acceptors (Lipinski definition) is 3. The Morgan fingerprint density at radius 3 is 2.52 bits per heavy atom. The number of rotatable bonds is 7. The molecule has 5 heteroatoms. The van der Waals surface area contributed by atoms with Gasteiger partial charge in [-0.3, -0.25) is 9.59 Å². The average Bonchev–Trinajstić information content (AvgIpc) is 3.26. The van der Waals surface area contributed by atoms with Gasteiger partial charge in [-0.1, -0.05) is 17.7 Å². The van der Waals surface area contributed by atoms with Gasteiger partial charge in [0.05, 0.1) is 11.8 Å². The van der Waals surface area contributed by atoms with Crippen molar-refractivity contribution in [2.24, 2.45) is 11.8 Å². The van der Waals surface area contributed by atoms with Gasteiger partial charge in [0, 0.05) is 25.9 Å². The number of ether oxygens (including phenoxy) is 1. The van der Waals surface area contributed by atoms with Gasteiger partial charge in [0.25, 0.3) is 0 Å². The van der Waals surface area contributed by atoms with E-state index in [4.69, 9.17) is 4.74 Å². The lowest BCUT2D eigenvalue weighted by Crippen LogP contribution is -2.28. The monoisotopic (exact) mass is 290 g/mol. The first kappa shape index (κ1) is 15.5. The van der Waals surface area contributed by atoms with Crippen LogP contribution in [0.1, 0.15) is 18.4 Å². The Kier molecular flexibility index (Phi) is 5.33. The molecule has 2 atom stereocenters. The number of amides is 2. The smallest absolute Gasteiger partial charge is 0.228 e. The topological polar surface area (TPSA) is 67.4 Å². The first-order valence-electron chi connectivity index (χ1n) is 7.26. The molecule has 5 nitrogen and oxygen atoms in total. The maximum Gasteiger partial charge on any atom is 0.228 e. The van der Waals surface area contributed by atoms with Crippen molar-refractivity contribution in [1.29, 1.82) is 0 Å². The summed E-state index contributed by atoms with van der Waals surface area (Å²) < 4.78 is 4.92. The number of aryl methyl sites for hydroxylation is 1. The highest BCUT2D eigenvalue weighted by Crippen LogP contribution is 2.39. The van der Waals surface area contributed by atoms with Crippen LogP contribution in [0.15, 0.2) is 24.3 Å². The number of benzene rings is 1. The number of carbonyl (C=O) groups is 2. The van der Waals surface area contributed by atoms with Crippen molar-refractivity contribution in [3.8, 4) is 0 Å². The molecule has 0 radical (unpaired) electrons. The Hall–Kier alpha value is -1.88. The molecule has 0 heterocycles. The van der Waals surface area contributed by atoms with Crippen molar-refractivity contribution in [2.75, 3.05) is 25.6 Å². The van der Waals surface area contributed by atoms with E-state index in [9.17, 15) is 9.59 Å². The maximum atomic E-state index is 12.0. The number of carbonyl (C=O) groups excluding carboxylic acids is 2. The third kappa shape index (κ3) is 4.56. The Labute approximate surface area is 125 Å². The molecule has 114 valence electrons. The Morgan fingerprint density at radius 2 is 1.86 bits per heavy atom. The molecule has 21 heavy (non-hydrogen) atoms. The van der Waals surface area contributed by atoms with Crippen molar-refractivity contribution >= 4 is 17.5 Å². The molecule has 1 aliphatic rings. The molecule has 2 N–H and O–H groups in total. The summed E-state index contributed by atoms with van der Waals surface area (Å²) in [5.41, 5.74) is 1.92. The molecule has 1 aromatic carbocycles. The van der Waals surface area contributed by atoms with Gasteiger partial charge in [-0.05, 0) is 31.9 Å². The molecule has 0 spiro atoms. The predicted octanol–water partition coefficient (Wildman–Crippen LogP) is 1.72. The zero-order valence-corrected chi connectivity index (χ0v) is 12.5. The fraction of sp³-hybridized carbons (Fsp3) is 0.500. The quantitative estimate of drug-likeness (QED) is 0.751. The van der Waals surface area contributed by atoms with E-state index >= 15 is 0 Å². The summed E-state index contributed by atoms with van der Waals surface area (Å²) in [5, 5.41) is 5.69. The van der Waals surface area contributed by atoms with Crippen molar-refractivity contribution in [1.82, 2.24) is 5.32 Å². The summed E-state index contributed by atoms with van der Waals surface area (Å²) >= 11 is 0. The normalized spacial score (nSPS) is 19.9. The van der Waals surface area contributed by atoms with Crippen LogP contribution in [-0.2, 0) is 14.3 Å². The van der Waals surface area contributed by atoms with Crippen LogP contribution in [0.4, 0.5) is 5.69 Å². The highest BCUT2D eigenvalue weighted by atomic mass is 16.5. The van der Waals surface area contributed by atoms with Crippen molar-refractivity contribution in [2.45, 2.75) is 19.8 Å². The molecule has 2 rings (SSSR count). The van der Waals surface area contributed by atoms with E-state index in [1.807, 2.05) is 31.2 Å². The van der Waals surface area contributed by atoms with E-state index in [1.54, 1.807) is 7.11 Å². The molecule has 0 aliphatic heterocycles. The van der Waals surface area contributed by atoms with Gasteiger partial charge in [0.15, 0.2) is 0 Å². The van der Waals surface area contributed by atoms with Crippen LogP contribution < -0.4 is 10.6 Å². The highest BCUT2D eigenvalue weighted by Gasteiger charge is 2.47. The number of nitrogens with one attached hydrogen (secondary N) is 2. The molecule has 0 bridgehead atoms. The summed E-state index contributed by atoms with van der Waals surface area (Å²) in [5.74, 6) is -0.488. The first-order valence-corrected chi connectivity index (χ1v) is 7.26. The SMILES string of the molecule is COCCCNC(=O)C1CC1C(=O)Nc1ccc(C)cc1. The summed E-state index contributed by atoms with van der Waals surface area (Å²) in [7, 11) is 1.63. The predicted molar refractivity (Wildman–Crippen MR) is 80.9 cm³/mol. The van der Waals surface area contributed by atoms with Crippen LogP contribution in [0.5, 0.6) is 0 Å². The van der Waals surface area contributed by atoms with Gasteiger partial charge in [0.2, 0.25) is 11.8 Å². The molecule has 1 aliphatic carbocycles. The molecule has 0 saturated heterocycles. The standard InChI is InChI=1S/C16H22N2O3/c1-11-4-6-12(7-5-11)18-16(20)14-10-13(14)15(19)17-8-3-9-21-2/h4-7,13-14H,3,8-10H2,1-2H3,(H,17,19)(H,18,20). The maximum absolute atomic E-state index is 12.0. The Balaban J connectivity index is 1.73. The molecule has 2 amide bonds. The highest BCUT2D eigenvalue weighted by molar-refractivity contribution is 5.99. The summed E-state index contributed by atoms with van der Waals surface area (Å²) in [6.07, 6.45) is 1.42. The Morgan fingerprint density at radius 1 is 1.19 bits per heavy atom. The second-order valence-corrected chi connectivity index (χ2v) is 5.44. The van der Waals surface area contributed by atoms with E-state index in [1.165, 1.54) is 0 Å². The summed E-state index contributed by atoms with van der Waals surface area (Å²) in [6.45, 7) is 3.22. The lowest BCUT2D eigenvalue weighted by atomic mass is 10.2. The second-order valence-electron chi connectivity index (χ2n) is 5.44. The number of hydrogen-bond donors (Lipinski definition) is 2. The largest absolute Gasteiger partial charge is 0.385 e. The van der Waals surface area contributed by atoms with Crippen LogP contribution in [0.3, 0.4) is 0 Å². The zero-order chi connectivity index (χ0) is 15.2. The van der Waals surface area contributed by atoms with Crippen LogP contribution in [0, 0.1) is 18.8 Å². The van der Waals surface area contributed by atoms with Crippen molar-refractivity contribution < 1.29 is 14.3 Å². The van der Waals surface area contributed by atoms with E-state index in [0.29, 0.717) is 19.6 Å². The lowest BCUT2D eigenvalue weighted by Gasteiger charge is -2.06. The molecule has 2 unspecified atom stereocenters. The molecular weight excluding hydrogens is 268 g/mol. The van der Waals surface area contributed by atoms with E-state index < -0.39 is 0 Å². The lowest BCUT2D eigenvalue weighted by molar-refractivity contribution is -0.125. The van der Waals surface area contributed by atoms with Gasteiger partial charge >= 0.3 is 0 Å². The fourth-order valence-electron chi connectivity index (χ4n) is 2.21. The minimum absolute atomic E-state index is 0.0323. The molecule has 0 aromatic heterocycles. The summed E-state index contributed by atoms with van der Waals surface area (Å²) in [4.78, 5) is 23.9. The number of methoxy groups -OCH3 is 1. The summed E-state index contributed by atoms with van der Waals surface area (Å²) in [6, 6.07) is 7.63. The van der Waals surface area contributed by atoms with Gasteiger partial charge in [-0.15, -0.1) is 0 Å². The van der Waals surface area contributed by atoms with Crippen LogP contribution >= 0.6 is 0 Å². The average molecular weight is 290 g/mol. The first-order chi connectivity index (χ1) is 10.1. The number of anilines is 1. The van der Waals surface area contributed by atoms with E-state index in [0.717, 1.165) is 17.7 Å². The minimum atomic E-state index is -0.200. The van der Waals surface area contributed by atoms with E-state index in [2.05, 4.69) is 10.6 Å². The fourth-order valence-corrected chi connectivity index (χ4v) is 2.21. The van der Waals surface area contributed by atoms with Crippen LogP contribution in [0.25, 0.3) is 0 Å². The van der Waals surface area contributed by atoms with Crippen LogP contribution in [0.2, 0.25) is 0 Å². The van der Waals surface area contributed by atoms with Crippen LogP contribution in [-0.4, -0.2) is 32.1 Å². The minimum Gasteiger partial charge on any atom is -0.385 e. The molecule has 1 saturated carbocycles. The zero-order valence-electron chi connectivity index (χ0n) is 12.5. The second kappa shape index (κ2) is 7.22. The molecule has 1 fully saturated rings. The van der Waals surface area contributed by atoms with Gasteiger partial charge in [-0.25, -0.2) is 0 Å². The van der Waals surface area contributed by atoms with Crippen molar-refractivity contribution in [3.05, 3.63) is 29.8 Å². The third-order valence-corrected chi connectivity index (χ3v) is 3.61. The van der Waals surface area contributed by atoms with Crippen molar-refractivity contribution in [3.63, 3.8) is 0 Å². The Bertz CT molecular complexity index is 499. The van der Waals surface area contributed by atoms with Gasteiger partial charge < -0.3 is 15.4 Å². The molecular formula is C16H22N2O3. The van der Waals surface area contributed by atoms with Gasteiger partial charge in [-0.2, -0.15) is 0 Å². The van der Waals surface area contributed by atoms with Gasteiger partial charge in [0.1, 0.15) is 0 Å².